The van der Waals surface area contributed by atoms with Crippen LogP contribution in [0.5, 0.6) is 0 Å². The molecule has 0 amide bonds. The lowest BCUT2D eigenvalue weighted by Crippen LogP contribution is -2.09. The van der Waals surface area contributed by atoms with Crippen LogP contribution in [-0.2, 0) is 0 Å². The van der Waals surface area contributed by atoms with Gasteiger partial charge in [-0.15, -0.1) is 0 Å². The maximum Gasteiger partial charge on any atom is -0.0206 e. The molecule has 1 aliphatic carbocycles. The average Bonchev–Trinajstić information content (AvgIpc) is 2.73. The highest BCUT2D eigenvalue weighted by molar-refractivity contribution is 5.13. The van der Waals surface area contributed by atoms with Gasteiger partial charge in [-0.05, 0) is 42.9 Å². The first-order valence-electron chi connectivity index (χ1n) is 6.29. The zero-order valence-electron chi connectivity index (χ0n) is 10.4. The first-order chi connectivity index (χ1) is 6.64. The van der Waals surface area contributed by atoms with Crippen LogP contribution in [0, 0.1) is 10.8 Å². The topological polar surface area (TPSA) is 0 Å². The van der Waals surface area contributed by atoms with Gasteiger partial charge in [0.2, 0.25) is 0 Å². The van der Waals surface area contributed by atoms with Crippen molar-refractivity contribution in [2.75, 3.05) is 0 Å². The third-order valence-electron chi connectivity index (χ3n) is 4.27. The Bertz CT molecular complexity index is 204. The van der Waals surface area contributed by atoms with Crippen molar-refractivity contribution in [3.63, 3.8) is 0 Å². The molecule has 1 fully saturated rings. The first kappa shape index (κ1) is 11.8. The van der Waals surface area contributed by atoms with Crippen molar-refractivity contribution in [1.29, 1.82) is 0 Å². The fourth-order valence-corrected chi connectivity index (χ4v) is 3.10. The van der Waals surface area contributed by atoms with Gasteiger partial charge in [0.25, 0.3) is 0 Å². The molecule has 0 heteroatoms. The van der Waals surface area contributed by atoms with E-state index in [2.05, 4.69) is 39.8 Å². The fourth-order valence-electron chi connectivity index (χ4n) is 3.10. The van der Waals surface area contributed by atoms with Gasteiger partial charge in [0, 0.05) is 0 Å². The van der Waals surface area contributed by atoms with Crippen LogP contribution in [0.4, 0.5) is 0 Å². The lowest BCUT2D eigenvalue weighted by Gasteiger charge is -2.19. The Morgan fingerprint density at radius 2 is 1.86 bits per heavy atom. The smallest absolute Gasteiger partial charge is 0.0206 e. The predicted octanol–water partition coefficient (Wildman–Crippen LogP) is 4.95. The van der Waals surface area contributed by atoms with E-state index in [1.165, 1.54) is 38.5 Å². The van der Waals surface area contributed by atoms with Gasteiger partial charge in [0.15, 0.2) is 0 Å². The molecule has 0 nitrogen and oxygen atoms in total. The van der Waals surface area contributed by atoms with Crippen molar-refractivity contribution in [3.05, 3.63) is 12.2 Å². The maximum atomic E-state index is 2.49. The first-order valence-corrected chi connectivity index (χ1v) is 6.29. The van der Waals surface area contributed by atoms with Gasteiger partial charge in [0.1, 0.15) is 0 Å². The van der Waals surface area contributed by atoms with E-state index < -0.39 is 0 Å². The molecular weight excluding hydrogens is 168 g/mol. The molecule has 82 valence electrons. The maximum absolute atomic E-state index is 2.49. The van der Waals surface area contributed by atoms with E-state index in [1.54, 1.807) is 0 Å². The quantitative estimate of drug-likeness (QED) is 0.525. The second-order valence-corrected chi connectivity index (χ2v) is 5.21. The molecule has 0 aromatic carbocycles. The molecule has 0 bridgehead atoms. The molecule has 0 aromatic heterocycles. The molecule has 0 heterocycles. The van der Waals surface area contributed by atoms with Crippen LogP contribution in [0.1, 0.15) is 66.2 Å². The molecule has 1 aliphatic rings. The van der Waals surface area contributed by atoms with Crippen molar-refractivity contribution in [2.45, 2.75) is 66.2 Å². The standard InChI is InChI=1S/C14H26/c1-5-8-9-11-14(7-3)12-13(14,4)10-6-2/h8-9H,5-7,10-12H2,1-4H3. The van der Waals surface area contributed by atoms with E-state index in [0.717, 1.165) is 0 Å². The van der Waals surface area contributed by atoms with Gasteiger partial charge in [-0.3, -0.25) is 0 Å². The van der Waals surface area contributed by atoms with Gasteiger partial charge in [-0.1, -0.05) is 46.3 Å². The second kappa shape index (κ2) is 4.51. The highest BCUT2D eigenvalue weighted by Crippen LogP contribution is 2.70. The summed E-state index contributed by atoms with van der Waals surface area (Å²) in [7, 11) is 0. The lowest BCUT2D eigenvalue weighted by molar-refractivity contribution is 0.328. The van der Waals surface area contributed by atoms with Crippen LogP contribution in [0.15, 0.2) is 12.2 Å². The minimum absolute atomic E-state index is 0.661. The zero-order valence-corrected chi connectivity index (χ0v) is 10.4. The summed E-state index contributed by atoms with van der Waals surface area (Å²) in [4.78, 5) is 0. The average molecular weight is 194 g/mol. The molecule has 2 atom stereocenters. The van der Waals surface area contributed by atoms with Crippen LogP contribution in [0.25, 0.3) is 0 Å². The Hall–Kier alpha value is -0.260. The van der Waals surface area contributed by atoms with Gasteiger partial charge >= 0.3 is 0 Å². The molecule has 0 aliphatic heterocycles. The lowest BCUT2D eigenvalue weighted by atomic mass is 9.85. The van der Waals surface area contributed by atoms with Crippen LogP contribution in [-0.4, -0.2) is 0 Å². The van der Waals surface area contributed by atoms with Gasteiger partial charge in [0.05, 0.1) is 0 Å². The normalized spacial score (nSPS) is 36.6. The summed E-state index contributed by atoms with van der Waals surface area (Å²) in [6, 6.07) is 0. The summed E-state index contributed by atoms with van der Waals surface area (Å²) in [6.45, 7) is 9.37. The van der Waals surface area contributed by atoms with Crippen molar-refractivity contribution in [2.24, 2.45) is 10.8 Å². The molecular formula is C14H26. The number of allylic oxidation sites excluding steroid dienone is 2. The molecule has 0 radical (unpaired) electrons. The Morgan fingerprint density at radius 3 is 2.36 bits per heavy atom. The summed E-state index contributed by atoms with van der Waals surface area (Å²) in [5.41, 5.74) is 1.32. The SMILES string of the molecule is CCC=CCC1(CC)CC1(C)CCC. The van der Waals surface area contributed by atoms with Crippen molar-refractivity contribution in [1.82, 2.24) is 0 Å². The second-order valence-electron chi connectivity index (χ2n) is 5.21. The zero-order chi connectivity index (χ0) is 10.7. The Kier molecular flexibility index (Phi) is 3.80. The molecule has 0 saturated heterocycles. The van der Waals surface area contributed by atoms with E-state index in [0.29, 0.717) is 10.8 Å². The molecule has 0 spiro atoms. The summed E-state index contributed by atoms with van der Waals surface area (Å²) in [5.74, 6) is 0. The summed E-state index contributed by atoms with van der Waals surface area (Å²) < 4.78 is 0. The van der Waals surface area contributed by atoms with Crippen molar-refractivity contribution >= 4 is 0 Å². The number of rotatable bonds is 6. The van der Waals surface area contributed by atoms with E-state index in [-0.39, 0.29) is 0 Å². The summed E-state index contributed by atoms with van der Waals surface area (Å²) in [6.07, 6.45) is 12.8. The molecule has 2 unspecified atom stereocenters. The van der Waals surface area contributed by atoms with E-state index in [9.17, 15) is 0 Å². The van der Waals surface area contributed by atoms with Crippen molar-refractivity contribution < 1.29 is 0 Å². The molecule has 0 N–H and O–H groups in total. The Morgan fingerprint density at radius 1 is 1.14 bits per heavy atom. The third-order valence-corrected chi connectivity index (χ3v) is 4.27. The van der Waals surface area contributed by atoms with Crippen LogP contribution < -0.4 is 0 Å². The largest absolute Gasteiger partial charge is 0.0888 e. The van der Waals surface area contributed by atoms with E-state index >= 15 is 0 Å². The van der Waals surface area contributed by atoms with Crippen LogP contribution in [0.3, 0.4) is 0 Å². The molecule has 14 heavy (non-hydrogen) atoms. The van der Waals surface area contributed by atoms with Crippen LogP contribution >= 0.6 is 0 Å². The molecule has 1 rings (SSSR count). The molecule has 1 saturated carbocycles. The van der Waals surface area contributed by atoms with E-state index in [1.807, 2.05) is 0 Å². The number of hydrogen-bond donors (Lipinski definition) is 0. The van der Waals surface area contributed by atoms with Gasteiger partial charge in [-0.2, -0.15) is 0 Å². The summed E-state index contributed by atoms with van der Waals surface area (Å²) in [5, 5.41) is 0. The van der Waals surface area contributed by atoms with Crippen molar-refractivity contribution in [3.8, 4) is 0 Å². The highest BCUT2D eigenvalue weighted by Gasteiger charge is 2.60. The third kappa shape index (κ3) is 2.04. The monoisotopic (exact) mass is 194 g/mol. The minimum atomic E-state index is 0.661. The van der Waals surface area contributed by atoms with Gasteiger partial charge < -0.3 is 0 Å². The fraction of sp³-hybridized carbons (Fsp3) is 0.857. The summed E-state index contributed by atoms with van der Waals surface area (Å²) >= 11 is 0. The van der Waals surface area contributed by atoms with Crippen LogP contribution in [0.2, 0.25) is 0 Å². The minimum Gasteiger partial charge on any atom is -0.0888 e. The Balaban J connectivity index is 2.51. The molecule has 0 aromatic rings. The number of hydrogen-bond acceptors (Lipinski definition) is 0. The highest BCUT2D eigenvalue weighted by atomic mass is 14.6. The van der Waals surface area contributed by atoms with E-state index in [4.69, 9.17) is 0 Å². The predicted molar refractivity (Wildman–Crippen MR) is 64.4 cm³/mol. The Labute approximate surface area is 89.8 Å². The van der Waals surface area contributed by atoms with Gasteiger partial charge in [-0.25, -0.2) is 0 Å².